The monoisotopic (exact) mass is 328 g/mol. The molecule has 24 heavy (non-hydrogen) atoms. The van der Waals surface area contributed by atoms with Gasteiger partial charge in [-0.2, -0.15) is 0 Å². The van der Waals surface area contributed by atoms with Gasteiger partial charge in [-0.25, -0.2) is 0 Å². The first-order chi connectivity index (χ1) is 11.6. The molecule has 128 valence electrons. The van der Waals surface area contributed by atoms with Crippen molar-refractivity contribution in [3.63, 3.8) is 0 Å². The van der Waals surface area contributed by atoms with Crippen molar-refractivity contribution < 1.29 is 14.7 Å². The lowest BCUT2D eigenvalue weighted by Crippen LogP contribution is -2.44. The van der Waals surface area contributed by atoms with Gasteiger partial charge in [0.15, 0.2) is 0 Å². The van der Waals surface area contributed by atoms with Gasteiger partial charge in [0.1, 0.15) is 0 Å². The van der Waals surface area contributed by atoms with Crippen molar-refractivity contribution in [1.82, 2.24) is 9.88 Å². The first-order valence-electron chi connectivity index (χ1n) is 8.63. The number of aromatic amines is 1. The van der Waals surface area contributed by atoms with E-state index in [9.17, 15) is 9.59 Å². The minimum absolute atomic E-state index is 0.0636. The zero-order valence-corrected chi connectivity index (χ0v) is 14.0. The average Bonchev–Trinajstić information content (AvgIpc) is 2.97. The second-order valence-electron chi connectivity index (χ2n) is 6.66. The Morgan fingerprint density at radius 3 is 2.96 bits per heavy atom. The van der Waals surface area contributed by atoms with Crippen molar-refractivity contribution >= 4 is 22.8 Å². The molecule has 2 N–H and O–H groups in total. The molecule has 2 heterocycles. The van der Waals surface area contributed by atoms with E-state index in [4.69, 9.17) is 5.11 Å². The number of hydrogen-bond acceptors (Lipinski definition) is 2. The number of piperidine rings is 1. The van der Waals surface area contributed by atoms with Gasteiger partial charge in [0.2, 0.25) is 5.91 Å². The predicted molar refractivity (Wildman–Crippen MR) is 93.0 cm³/mol. The smallest absolute Gasteiger partial charge is 0.303 e. The van der Waals surface area contributed by atoms with E-state index < -0.39 is 5.97 Å². The third-order valence-electron chi connectivity index (χ3n) is 4.98. The number of carbonyl (C=O) groups is 2. The highest BCUT2D eigenvalue weighted by Crippen LogP contribution is 2.25. The Balaban J connectivity index is 1.75. The molecular weight excluding hydrogens is 304 g/mol. The minimum Gasteiger partial charge on any atom is -0.481 e. The maximum absolute atomic E-state index is 12.8. The van der Waals surface area contributed by atoms with Gasteiger partial charge in [-0.15, -0.1) is 0 Å². The summed E-state index contributed by atoms with van der Waals surface area (Å²) in [5, 5.41) is 10.0. The number of nitrogens with zero attached hydrogens (tertiary/aromatic N) is 1. The van der Waals surface area contributed by atoms with Crippen molar-refractivity contribution in [1.29, 1.82) is 0 Å². The highest BCUT2D eigenvalue weighted by Gasteiger charge is 2.27. The van der Waals surface area contributed by atoms with Gasteiger partial charge in [0, 0.05) is 36.1 Å². The van der Waals surface area contributed by atoms with Crippen LogP contribution in [0, 0.1) is 6.92 Å². The molecule has 1 amide bonds. The number of H-pyrrole nitrogens is 1. The number of amides is 1. The lowest BCUT2D eigenvalue weighted by molar-refractivity contribution is -0.139. The molecule has 0 saturated carbocycles. The molecule has 0 unspecified atom stereocenters. The molecule has 0 bridgehead atoms. The highest BCUT2D eigenvalue weighted by molar-refractivity contribution is 5.91. The van der Waals surface area contributed by atoms with Crippen LogP contribution in [-0.2, 0) is 16.0 Å². The largest absolute Gasteiger partial charge is 0.481 e. The van der Waals surface area contributed by atoms with Gasteiger partial charge in [-0.3, -0.25) is 9.59 Å². The minimum atomic E-state index is -0.791. The van der Waals surface area contributed by atoms with Gasteiger partial charge < -0.3 is 15.0 Å². The number of aryl methyl sites for hydroxylation is 1. The van der Waals surface area contributed by atoms with E-state index in [0.29, 0.717) is 12.8 Å². The van der Waals surface area contributed by atoms with Crippen LogP contribution in [0.2, 0.25) is 0 Å². The lowest BCUT2D eigenvalue weighted by atomic mass is 9.96. The summed E-state index contributed by atoms with van der Waals surface area (Å²) in [6.07, 6.45) is 5.95. The fourth-order valence-electron chi connectivity index (χ4n) is 3.77. The predicted octanol–water partition coefficient (Wildman–Crippen LogP) is 3.26. The van der Waals surface area contributed by atoms with E-state index in [0.717, 1.165) is 47.8 Å². The SMILES string of the molecule is Cc1cccc2[nH]cc(CC(=O)N3CCCC[C@H]3CCC(=O)O)c12. The number of aliphatic carboxylic acids is 1. The number of aromatic nitrogens is 1. The Labute approximate surface area is 141 Å². The fourth-order valence-corrected chi connectivity index (χ4v) is 3.77. The number of rotatable bonds is 5. The Bertz CT molecular complexity index is 750. The van der Waals surface area contributed by atoms with Crippen molar-refractivity contribution in [2.45, 2.75) is 51.5 Å². The van der Waals surface area contributed by atoms with Crippen LogP contribution in [0.5, 0.6) is 0 Å². The number of carboxylic acids is 1. The zero-order chi connectivity index (χ0) is 17.1. The molecule has 0 radical (unpaired) electrons. The molecule has 1 aromatic carbocycles. The molecule has 0 spiro atoms. The summed E-state index contributed by atoms with van der Waals surface area (Å²) in [5.41, 5.74) is 3.24. The summed E-state index contributed by atoms with van der Waals surface area (Å²) in [6, 6.07) is 6.15. The quantitative estimate of drug-likeness (QED) is 0.885. The summed E-state index contributed by atoms with van der Waals surface area (Å²) >= 11 is 0. The highest BCUT2D eigenvalue weighted by atomic mass is 16.4. The number of benzene rings is 1. The first-order valence-corrected chi connectivity index (χ1v) is 8.63. The van der Waals surface area contributed by atoms with Crippen LogP contribution in [0.25, 0.3) is 10.9 Å². The maximum Gasteiger partial charge on any atom is 0.303 e. The summed E-state index contributed by atoms with van der Waals surface area (Å²) in [6.45, 7) is 2.80. The second-order valence-corrected chi connectivity index (χ2v) is 6.66. The maximum atomic E-state index is 12.8. The van der Waals surface area contributed by atoms with E-state index in [1.165, 1.54) is 0 Å². The zero-order valence-electron chi connectivity index (χ0n) is 14.0. The van der Waals surface area contributed by atoms with Crippen molar-refractivity contribution in [2.75, 3.05) is 6.54 Å². The molecule has 1 aromatic heterocycles. The number of likely N-dealkylation sites (tertiary alicyclic amines) is 1. The molecule has 1 aliphatic rings. The summed E-state index contributed by atoms with van der Waals surface area (Å²) in [7, 11) is 0. The van der Waals surface area contributed by atoms with E-state index in [1.807, 2.05) is 23.2 Å². The summed E-state index contributed by atoms with van der Waals surface area (Å²) in [5.74, 6) is -0.686. The average molecular weight is 328 g/mol. The van der Waals surface area contributed by atoms with Crippen molar-refractivity contribution in [2.24, 2.45) is 0 Å². The molecule has 3 rings (SSSR count). The van der Waals surface area contributed by atoms with E-state index in [1.54, 1.807) is 0 Å². The second kappa shape index (κ2) is 7.07. The van der Waals surface area contributed by atoms with Gasteiger partial charge >= 0.3 is 5.97 Å². The van der Waals surface area contributed by atoms with Crippen LogP contribution in [-0.4, -0.2) is 39.5 Å². The number of fused-ring (bicyclic) bond motifs is 1. The van der Waals surface area contributed by atoms with Crippen LogP contribution in [0.1, 0.15) is 43.2 Å². The first kappa shape index (κ1) is 16.6. The van der Waals surface area contributed by atoms with Gasteiger partial charge in [0.25, 0.3) is 0 Å². The molecular formula is C19H24N2O3. The van der Waals surface area contributed by atoms with Gasteiger partial charge in [-0.05, 0) is 49.8 Å². The Morgan fingerprint density at radius 1 is 1.33 bits per heavy atom. The third-order valence-corrected chi connectivity index (χ3v) is 4.98. The molecule has 5 nitrogen and oxygen atoms in total. The molecule has 5 heteroatoms. The van der Waals surface area contributed by atoms with E-state index in [2.05, 4.69) is 18.0 Å². The van der Waals surface area contributed by atoms with Crippen LogP contribution >= 0.6 is 0 Å². The molecule has 1 aliphatic heterocycles. The molecule has 0 aliphatic carbocycles. The van der Waals surface area contributed by atoms with Crippen LogP contribution in [0.3, 0.4) is 0 Å². The number of hydrogen-bond donors (Lipinski definition) is 2. The molecule has 1 atom stereocenters. The van der Waals surface area contributed by atoms with Gasteiger partial charge in [-0.1, -0.05) is 12.1 Å². The van der Waals surface area contributed by atoms with Crippen molar-refractivity contribution in [3.8, 4) is 0 Å². The molecule has 1 saturated heterocycles. The summed E-state index contributed by atoms with van der Waals surface area (Å²) < 4.78 is 0. The Kier molecular flexibility index (Phi) is 4.88. The lowest BCUT2D eigenvalue weighted by Gasteiger charge is -2.35. The van der Waals surface area contributed by atoms with E-state index >= 15 is 0 Å². The third kappa shape index (κ3) is 3.45. The van der Waals surface area contributed by atoms with Crippen LogP contribution in [0.4, 0.5) is 0 Å². The normalized spacial score (nSPS) is 18.0. The Morgan fingerprint density at radius 2 is 2.17 bits per heavy atom. The topological polar surface area (TPSA) is 73.4 Å². The molecule has 2 aromatic rings. The van der Waals surface area contributed by atoms with Gasteiger partial charge in [0.05, 0.1) is 6.42 Å². The standard InChI is InChI=1S/C19H24N2O3/c1-13-5-4-7-16-19(13)14(12-20-16)11-17(22)21-10-3-2-6-15(21)8-9-18(23)24/h4-5,7,12,15,20H,2-3,6,8-11H2,1H3,(H,23,24)/t15-/m0/s1. The van der Waals surface area contributed by atoms with Crippen molar-refractivity contribution in [3.05, 3.63) is 35.5 Å². The number of carboxylic acid groups (broad SMARTS) is 1. The van der Waals surface area contributed by atoms with Crippen LogP contribution < -0.4 is 0 Å². The van der Waals surface area contributed by atoms with Crippen LogP contribution in [0.15, 0.2) is 24.4 Å². The summed E-state index contributed by atoms with van der Waals surface area (Å²) in [4.78, 5) is 28.8. The number of nitrogens with one attached hydrogen (secondary N) is 1. The number of carbonyl (C=O) groups excluding carboxylic acids is 1. The van der Waals surface area contributed by atoms with E-state index in [-0.39, 0.29) is 18.4 Å². The molecule has 1 fully saturated rings. The fraction of sp³-hybridized carbons (Fsp3) is 0.474. The Hall–Kier alpha value is -2.30.